The summed E-state index contributed by atoms with van der Waals surface area (Å²) in [5, 5.41) is 2.99. The second-order valence-corrected chi connectivity index (χ2v) is 8.85. The van der Waals surface area contributed by atoms with Gasteiger partial charge in [0.1, 0.15) is 16.2 Å². The van der Waals surface area contributed by atoms with Crippen LogP contribution in [0, 0.1) is 12.7 Å². The molecule has 1 atom stereocenters. The Balaban J connectivity index is 1.34. The van der Waals surface area contributed by atoms with Crippen molar-refractivity contribution in [2.45, 2.75) is 32.4 Å². The number of thiocarbonyl (C=S) groups is 1. The maximum Gasteiger partial charge on any atom is 0.269 e. The lowest BCUT2D eigenvalue weighted by Gasteiger charge is -2.46. The van der Waals surface area contributed by atoms with Crippen molar-refractivity contribution < 1.29 is 4.39 Å². The maximum absolute atomic E-state index is 15.1. The number of nitrogens with one attached hydrogen (secondary N) is 2. The molecule has 3 aromatic rings. The Bertz CT molecular complexity index is 1280. The average molecular weight is 453 g/mol. The summed E-state index contributed by atoms with van der Waals surface area (Å²) in [6.45, 7) is 4.67. The molecule has 7 nitrogen and oxygen atoms in total. The summed E-state index contributed by atoms with van der Waals surface area (Å²) in [5.41, 5.74) is 4.31. The highest BCUT2D eigenvalue weighted by Gasteiger charge is 2.32. The molecule has 1 unspecified atom stereocenters. The zero-order valence-electron chi connectivity index (χ0n) is 18.1. The number of aromatic amines is 1. The molecule has 2 aliphatic rings. The van der Waals surface area contributed by atoms with E-state index in [1.807, 2.05) is 13.1 Å². The van der Waals surface area contributed by atoms with Gasteiger partial charge in [-0.05, 0) is 38.0 Å². The Morgan fingerprint density at radius 3 is 2.94 bits per heavy atom. The number of piperazine rings is 1. The van der Waals surface area contributed by atoms with Gasteiger partial charge in [-0.1, -0.05) is 18.3 Å². The molecule has 0 aliphatic carbocycles. The summed E-state index contributed by atoms with van der Waals surface area (Å²) in [6.07, 6.45) is 1.91. The number of rotatable bonds is 3. The molecular weight excluding hydrogens is 427 g/mol. The minimum absolute atomic E-state index is 0.185. The molecule has 0 radical (unpaired) electrons. The number of anilines is 1. The van der Waals surface area contributed by atoms with Crippen molar-refractivity contribution in [3.63, 3.8) is 0 Å². The largest absolute Gasteiger partial charge is 0.378 e. The third kappa shape index (κ3) is 3.65. The van der Waals surface area contributed by atoms with Crippen LogP contribution in [-0.2, 0) is 13.0 Å². The number of halogens is 1. The molecule has 1 saturated heterocycles. The van der Waals surface area contributed by atoms with E-state index in [1.165, 1.54) is 5.69 Å². The fourth-order valence-corrected chi connectivity index (χ4v) is 4.86. The third-order valence-corrected chi connectivity index (χ3v) is 6.86. The highest BCUT2D eigenvalue weighted by Crippen LogP contribution is 2.32. The summed E-state index contributed by atoms with van der Waals surface area (Å²) in [6, 6.07) is 8.03. The van der Waals surface area contributed by atoms with Crippen LogP contribution in [0.2, 0.25) is 0 Å². The molecule has 1 fully saturated rings. The number of nitrogens with zero attached hydrogens (tertiary/aromatic N) is 4. The van der Waals surface area contributed by atoms with Crippen molar-refractivity contribution in [1.82, 2.24) is 25.2 Å². The molecular formula is C23H25FN6OS. The van der Waals surface area contributed by atoms with E-state index in [4.69, 9.17) is 17.2 Å². The summed E-state index contributed by atoms with van der Waals surface area (Å²) in [4.78, 5) is 28.9. The first-order valence-corrected chi connectivity index (χ1v) is 11.2. The summed E-state index contributed by atoms with van der Waals surface area (Å²) < 4.78 is 15.1. The van der Waals surface area contributed by atoms with Gasteiger partial charge in [0.25, 0.3) is 5.56 Å². The summed E-state index contributed by atoms with van der Waals surface area (Å²) in [7, 11) is 1.81. The van der Waals surface area contributed by atoms with Crippen LogP contribution in [0.15, 0.2) is 29.1 Å². The van der Waals surface area contributed by atoms with Crippen LogP contribution in [0.5, 0.6) is 0 Å². The van der Waals surface area contributed by atoms with Gasteiger partial charge in [0.15, 0.2) is 5.82 Å². The number of H-pyrrole nitrogens is 1. The SMILES string of the molecule is CNC(=S)c1ccc2c(n1)CCC1CN(Cc3ccc4nc(C)c(=O)[nH]c4c3F)CCN21. The van der Waals surface area contributed by atoms with Gasteiger partial charge < -0.3 is 15.2 Å². The maximum atomic E-state index is 15.1. The van der Waals surface area contributed by atoms with Gasteiger partial charge in [-0.2, -0.15) is 0 Å². The third-order valence-electron chi connectivity index (χ3n) is 6.45. The predicted molar refractivity (Wildman–Crippen MR) is 127 cm³/mol. The lowest BCUT2D eigenvalue weighted by atomic mass is 9.96. The van der Waals surface area contributed by atoms with Crippen LogP contribution in [-0.4, -0.2) is 57.6 Å². The Hall–Kier alpha value is -2.91. The van der Waals surface area contributed by atoms with E-state index in [2.05, 4.69) is 31.2 Å². The molecule has 1 aromatic carbocycles. The van der Waals surface area contributed by atoms with Crippen LogP contribution in [0.25, 0.3) is 11.0 Å². The first-order valence-electron chi connectivity index (χ1n) is 10.8. The minimum atomic E-state index is -0.388. The lowest BCUT2D eigenvalue weighted by Crippen LogP contribution is -2.54. The Kier molecular flexibility index (Phi) is 5.38. The number of hydrogen-bond acceptors (Lipinski definition) is 6. The van der Waals surface area contributed by atoms with E-state index in [9.17, 15) is 4.79 Å². The van der Waals surface area contributed by atoms with Crippen LogP contribution in [0.4, 0.5) is 10.1 Å². The van der Waals surface area contributed by atoms with Crippen LogP contribution >= 0.6 is 12.2 Å². The molecule has 2 N–H and O–H groups in total. The molecule has 32 heavy (non-hydrogen) atoms. The number of benzene rings is 1. The number of hydrogen-bond donors (Lipinski definition) is 2. The van der Waals surface area contributed by atoms with E-state index in [0.717, 1.165) is 43.9 Å². The molecule has 2 aliphatic heterocycles. The van der Waals surface area contributed by atoms with Gasteiger partial charge >= 0.3 is 0 Å². The van der Waals surface area contributed by atoms with E-state index in [0.29, 0.717) is 34.3 Å². The topological polar surface area (TPSA) is 77.1 Å². The number of fused-ring (bicyclic) bond motifs is 4. The van der Waals surface area contributed by atoms with Gasteiger partial charge in [0.05, 0.1) is 22.6 Å². The molecule has 166 valence electrons. The fraction of sp³-hybridized carbons (Fsp3) is 0.391. The average Bonchev–Trinajstić information content (AvgIpc) is 2.81. The molecule has 5 rings (SSSR count). The van der Waals surface area contributed by atoms with Crippen molar-refractivity contribution in [2.24, 2.45) is 0 Å². The Morgan fingerprint density at radius 1 is 1.28 bits per heavy atom. The molecule has 0 bridgehead atoms. The predicted octanol–water partition coefficient (Wildman–Crippen LogP) is 2.30. The molecule has 2 aromatic heterocycles. The first-order chi connectivity index (χ1) is 15.4. The van der Waals surface area contributed by atoms with E-state index >= 15 is 4.39 Å². The highest BCUT2D eigenvalue weighted by molar-refractivity contribution is 7.80. The van der Waals surface area contributed by atoms with Crippen molar-refractivity contribution in [3.05, 3.63) is 63.1 Å². The second kappa shape index (κ2) is 8.22. The quantitative estimate of drug-likeness (QED) is 0.591. The number of aromatic nitrogens is 3. The molecule has 0 spiro atoms. The van der Waals surface area contributed by atoms with Crippen LogP contribution < -0.4 is 15.8 Å². The van der Waals surface area contributed by atoms with E-state index in [-0.39, 0.29) is 16.9 Å². The summed E-state index contributed by atoms with van der Waals surface area (Å²) in [5.74, 6) is -0.388. The van der Waals surface area contributed by atoms with Gasteiger partial charge in [0.2, 0.25) is 0 Å². The summed E-state index contributed by atoms with van der Waals surface area (Å²) >= 11 is 5.32. The van der Waals surface area contributed by atoms with E-state index in [1.54, 1.807) is 19.1 Å². The van der Waals surface area contributed by atoms with Gasteiger partial charge in [0, 0.05) is 44.8 Å². The fourth-order valence-electron chi connectivity index (χ4n) is 4.74. The smallest absolute Gasteiger partial charge is 0.269 e. The monoisotopic (exact) mass is 452 g/mol. The zero-order valence-corrected chi connectivity index (χ0v) is 18.9. The number of pyridine rings is 1. The highest BCUT2D eigenvalue weighted by atomic mass is 32.1. The number of aryl methyl sites for hydroxylation is 2. The van der Waals surface area contributed by atoms with Crippen LogP contribution in [0.3, 0.4) is 0 Å². The van der Waals surface area contributed by atoms with Crippen molar-refractivity contribution in [1.29, 1.82) is 0 Å². The van der Waals surface area contributed by atoms with Gasteiger partial charge in [-0.3, -0.25) is 9.69 Å². The normalized spacial score (nSPS) is 18.3. The molecule has 0 saturated carbocycles. The van der Waals surface area contributed by atoms with E-state index < -0.39 is 0 Å². The zero-order chi connectivity index (χ0) is 22.4. The van der Waals surface area contributed by atoms with Crippen LogP contribution in [0.1, 0.15) is 29.1 Å². The van der Waals surface area contributed by atoms with Gasteiger partial charge in [-0.25, -0.2) is 14.4 Å². The standard InChI is InChI=1S/C23H25FN6OS/c1-13-22(31)28-21-17(26-13)5-3-14(20(21)24)11-29-9-10-30-15(12-29)4-6-16-19(30)8-7-18(27-16)23(32)25-2/h3,5,7-8,15H,4,6,9-12H2,1-2H3,(H,25,32)(H,28,31). The molecule has 0 amide bonds. The van der Waals surface area contributed by atoms with Gasteiger partial charge in [-0.15, -0.1) is 0 Å². The minimum Gasteiger partial charge on any atom is -0.378 e. The Morgan fingerprint density at radius 2 is 2.12 bits per heavy atom. The first kappa shape index (κ1) is 21.0. The lowest BCUT2D eigenvalue weighted by molar-refractivity contribution is 0.204. The Labute approximate surface area is 190 Å². The van der Waals surface area contributed by atoms with Crippen molar-refractivity contribution in [2.75, 3.05) is 31.6 Å². The second-order valence-electron chi connectivity index (χ2n) is 8.45. The molecule has 9 heteroatoms. The van der Waals surface area contributed by atoms with Crippen molar-refractivity contribution >= 4 is 33.9 Å². The van der Waals surface area contributed by atoms with Crippen molar-refractivity contribution in [3.8, 4) is 0 Å². The molecule has 4 heterocycles.